The van der Waals surface area contributed by atoms with E-state index in [1.807, 2.05) is 6.92 Å². The minimum atomic E-state index is -3.72. The van der Waals surface area contributed by atoms with Gasteiger partial charge in [0.05, 0.1) is 5.56 Å². The summed E-state index contributed by atoms with van der Waals surface area (Å²) in [6.45, 7) is 4.06. The van der Waals surface area contributed by atoms with Crippen molar-refractivity contribution >= 4 is 27.3 Å². The quantitative estimate of drug-likeness (QED) is 0.835. The molecule has 0 aliphatic carbocycles. The molecule has 7 heteroatoms. The summed E-state index contributed by atoms with van der Waals surface area (Å²) in [5.41, 5.74) is 0.346. The van der Waals surface area contributed by atoms with Crippen molar-refractivity contribution in [2.24, 2.45) is 5.14 Å². The number of rotatable bonds is 6. The molecule has 0 saturated heterocycles. The van der Waals surface area contributed by atoms with Crippen molar-refractivity contribution < 1.29 is 13.2 Å². The van der Waals surface area contributed by atoms with E-state index in [4.69, 9.17) is 5.14 Å². The molecule has 0 bridgehead atoms. The van der Waals surface area contributed by atoms with Gasteiger partial charge in [0.1, 0.15) is 4.21 Å². The van der Waals surface area contributed by atoms with Gasteiger partial charge in [-0.15, -0.1) is 11.3 Å². The van der Waals surface area contributed by atoms with Crippen LogP contribution in [0.15, 0.2) is 15.7 Å². The normalized spacial score (nSPS) is 13.3. The molecule has 18 heavy (non-hydrogen) atoms. The lowest BCUT2D eigenvalue weighted by Gasteiger charge is -2.15. The molecule has 0 radical (unpaired) electrons. The Morgan fingerprint density at radius 1 is 1.50 bits per heavy atom. The number of carbonyl (C=O) groups is 1. The maximum atomic E-state index is 11.9. The zero-order valence-electron chi connectivity index (χ0n) is 10.5. The molecule has 0 aliphatic heterocycles. The first-order chi connectivity index (χ1) is 8.38. The number of nitrogens with two attached hydrogens (primary N) is 1. The van der Waals surface area contributed by atoms with Gasteiger partial charge in [-0.2, -0.15) is 0 Å². The van der Waals surface area contributed by atoms with Crippen molar-refractivity contribution in [3.8, 4) is 0 Å². The van der Waals surface area contributed by atoms with Crippen LogP contribution in [0.25, 0.3) is 0 Å². The van der Waals surface area contributed by atoms with E-state index in [1.165, 1.54) is 11.4 Å². The fraction of sp³-hybridized carbons (Fsp3) is 0.545. The molecule has 0 aliphatic rings. The van der Waals surface area contributed by atoms with E-state index < -0.39 is 10.0 Å². The van der Waals surface area contributed by atoms with E-state index in [2.05, 4.69) is 12.2 Å². The second-order valence-corrected chi connectivity index (χ2v) is 6.77. The summed E-state index contributed by atoms with van der Waals surface area (Å²) in [5, 5.41) is 9.38. The summed E-state index contributed by atoms with van der Waals surface area (Å²) in [5.74, 6) is -0.249. The molecule has 0 fully saturated rings. The van der Waals surface area contributed by atoms with Crippen LogP contribution in [0.1, 0.15) is 43.5 Å². The lowest BCUT2D eigenvalue weighted by Crippen LogP contribution is -2.34. The summed E-state index contributed by atoms with van der Waals surface area (Å²) in [4.78, 5) is 11.9. The molecule has 0 saturated carbocycles. The van der Waals surface area contributed by atoms with Crippen molar-refractivity contribution in [2.75, 3.05) is 0 Å². The van der Waals surface area contributed by atoms with Gasteiger partial charge in [-0.05, 0) is 18.9 Å². The molecule has 3 N–H and O–H groups in total. The Bertz CT molecular complexity index is 508. The van der Waals surface area contributed by atoms with Gasteiger partial charge in [0.2, 0.25) is 10.0 Å². The largest absolute Gasteiger partial charge is 0.349 e. The monoisotopic (exact) mass is 290 g/mol. The Hall–Kier alpha value is -0.920. The average Bonchev–Trinajstić information content (AvgIpc) is 2.77. The number of hydrogen-bond donors (Lipinski definition) is 2. The molecular weight excluding hydrogens is 272 g/mol. The zero-order chi connectivity index (χ0) is 13.8. The minimum Gasteiger partial charge on any atom is -0.349 e. The van der Waals surface area contributed by atoms with Gasteiger partial charge in [0.15, 0.2) is 0 Å². The Kier molecular flexibility index (Phi) is 5.30. The van der Waals surface area contributed by atoms with Crippen molar-refractivity contribution in [3.63, 3.8) is 0 Å². The van der Waals surface area contributed by atoms with E-state index in [0.717, 1.165) is 30.6 Å². The third-order valence-electron chi connectivity index (χ3n) is 2.58. The van der Waals surface area contributed by atoms with E-state index in [9.17, 15) is 13.2 Å². The smallest absolute Gasteiger partial charge is 0.252 e. The fourth-order valence-electron chi connectivity index (χ4n) is 1.58. The summed E-state index contributed by atoms with van der Waals surface area (Å²) in [7, 11) is -3.72. The molecule has 5 nitrogen and oxygen atoms in total. The van der Waals surface area contributed by atoms with Gasteiger partial charge >= 0.3 is 0 Å². The zero-order valence-corrected chi connectivity index (χ0v) is 12.1. The summed E-state index contributed by atoms with van der Waals surface area (Å²) >= 11 is 0.959. The molecule has 1 aromatic heterocycles. The number of primary sulfonamides is 1. The molecule has 1 heterocycles. The Morgan fingerprint density at radius 3 is 2.61 bits per heavy atom. The standard InChI is InChI=1S/C11H18N2O3S2/c1-3-5-9(4-2)13-11(14)8-6-10(17-7-8)18(12,15)16/h6-7,9H,3-5H2,1-2H3,(H,13,14)(H2,12,15,16). The van der Waals surface area contributed by atoms with Crippen LogP contribution in [0.5, 0.6) is 0 Å². The van der Waals surface area contributed by atoms with Crippen LogP contribution >= 0.6 is 11.3 Å². The highest BCUT2D eigenvalue weighted by atomic mass is 32.2. The molecule has 102 valence electrons. The van der Waals surface area contributed by atoms with Crippen LogP contribution in [0.2, 0.25) is 0 Å². The Balaban J connectivity index is 2.76. The fourth-order valence-corrected chi connectivity index (χ4v) is 3.17. The molecule has 1 aromatic rings. The number of hydrogen-bond acceptors (Lipinski definition) is 4. The van der Waals surface area contributed by atoms with Gasteiger partial charge < -0.3 is 5.32 Å². The van der Waals surface area contributed by atoms with Crippen LogP contribution in [0, 0.1) is 0 Å². The van der Waals surface area contributed by atoms with Gasteiger partial charge in [-0.25, -0.2) is 13.6 Å². The SMILES string of the molecule is CCCC(CC)NC(=O)c1csc(S(N)(=O)=O)c1. The number of amides is 1. The number of thiophene rings is 1. The van der Waals surface area contributed by atoms with Crippen molar-refractivity contribution in [1.82, 2.24) is 5.32 Å². The van der Waals surface area contributed by atoms with Crippen molar-refractivity contribution in [2.45, 2.75) is 43.4 Å². The number of carbonyl (C=O) groups excluding carboxylic acids is 1. The summed E-state index contributed by atoms with van der Waals surface area (Å²) < 4.78 is 22.2. The highest BCUT2D eigenvalue weighted by molar-refractivity contribution is 7.91. The van der Waals surface area contributed by atoms with Crippen LogP contribution in [-0.2, 0) is 10.0 Å². The van der Waals surface area contributed by atoms with Gasteiger partial charge in [0.25, 0.3) is 5.91 Å². The first-order valence-electron chi connectivity index (χ1n) is 5.80. The highest BCUT2D eigenvalue weighted by Crippen LogP contribution is 2.19. The van der Waals surface area contributed by atoms with Crippen molar-refractivity contribution in [3.05, 3.63) is 17.0 Å². The molecule has 1 atom stereocenters. The second-order valence-electron chi connectivity index (χ2n) is 4.07. The van der Waals surface area contributed by atoms with Gasteiger partial charge in [-0.1, -0.05) is 20.3 Å². The highest BCUT2D eigenvalue weighted by Gasteiger charge is 2.17. The lowest BCUT2D eigenvalue weighted by molar-refractivity contribution is 0.0934. The first kappa shape index (κ1) is 15.1. The number of nitrogens with one attached hydrogen (secondary N) is 1. The van der Waals surface area contributed by atoms with Crippen LogP contribution < -0.4 is 10.5 Å². The molecule has 1 amide bonds. The summed E-state index contributed by atoms with van der Waals surface area (Å²) in [6.07, 6.45) is 2.75. The van der Waals surface area contributed by atoms with Crippen molar-refractivity contribution in [1.29, 1.82) is 0 Å². The molecular formula is C11H18N2O3S2. The molecule has 1 unspecified atom stereocenters. The van der Waals surface area contributed by atoms with E-state index >= 15 is 0 Å². The third kappa shape index (κ3) is 4.08. The topological polar surface area (TPSA) is 89.3 Å². The van der Waals surface area contributed by atoms with E-state index in [0.29, 0.717) is 5.56 Å². The molecule has 1 rings (SSSR count). The lowest BCUT2D eigenvalue weighted by atomic mass is 10.1. The van der Waals surface area contributed by atoms with Crippen LogP contribution in [-0.4, -0.2) is 20.4 Å². The molecule has 0 aromatic carbocycles. The van der Waals surface area contributed by atoms with Crippen LogP contribution in [0.4, 0.5) is 0 Å². The Labute approximate surface area is 111 Å². The molecule has 0 spiro atoms. The predicted octanol–water partition coefficient (Wildman–Crippen LogP) is 1.70. The first-order valence-corrected chi connectivity index (χ1v) is 8.23. The number of sulfonamides is 1. The minimum absolute atomic E-state index is 0.0104. The van der Waals surface area contributed by atoms with E-state index in [-0.39, 0.29) is 16.2 Å². The van der Waals surface area contributed by atoms with Gasteiger partial charge in [-0.3, -0.25) is 4.79 Å². The summed E-state index contributed by atoms with van der Waals surface area (Å²) in [6, 6.07) is 1.44. The average molecular weight is 290 g/mol. The van der Waals surface area contributed by atoms with Crippen LogP contribution in [0.3, 0.4) is 0 Å². The maximum Gasteiger partial charge on any atom is 0.252 e. The van der Waals surface area contributed by atoms with E-state index in [1.54, 1.807) is 0 Å². The van der Waals surface area contributed by atoms with Gasteiger partial charge in [0, 0.05) is 11.4 Å². The second kappa shape index (κ2) is 6.31. The predicted molar refractivity (Wildman–Crippen MR) is 72.1 cm³/mol. The Morgan fingerprint density at radius 2 is 2.17 bits per heavy atom. The maximum absolute atomic E-state index is 11.9. The third-order valence-corrected chi connectivity index (χ3v) is 4.97.